The van der Waals surface area contributed by atoms with Gasteiger partial charge >= 0.3 is 5.97 Å². The summed E-state index contributed by atoms with van der Waals surface area (Å²) in [7, 11) is 0. The number of hydrogen-bond donors (Lipinski definition) is 0. The van der Waals surface area contributed by atoms with Gasteiger partial charge in [0.25, 0.3) is 5.56 Å². The van der Waals surface area contributed by atoms with Crippen molar-refractivity contribution >= 4 is 34.3 Å². The monoisotopic (exact) mass is 370 g/mol. The molecule has 0 aliphatic heterocycles. The zero-order valence-electron chi connectivity index (χ0n) is 13.9. The minimum atomic E-state index is -0.979. The van der Waals surface area contributed by atoms with Crippen LogP contribution in [-0.4, -0.2) is 27.4 Å². The van der Waals surface area contributed by atoms with Crippen LogP contribution in [-0.2, 0) is 16.1 Å². The fraction of sp³-hybridized carbons (Fsp3) is 0.158. The minimum Gasteiger partial charge on any atom is -0.453 e. The molecule has 0 spiro atoms. The standard InChI is InChI=1S/C19H15ClN2O4/c1-12(18(24)13-6-8-14(20)9-7-13)26-17(23)10-22-11-21-16-5-3-2-4-15(16)19(22)25/h2-9,11-12H,10H2,1H3/t12-/m1/s1. The molecule has 1 heterocycles. The number of para-hydroxylation sites is 1. The highest BCUT2D eigenvalue weighted by Crippen LogP contribution is 2.12. The highest BCUT2D eigenvalue weighted by Gasteiger charge is 2.20. The van der Waals surface area contributed by atoms with E-state index >= 15 is 0 Å². The molecule has 0 bridgehead atoms. The lowest BCUT2D eigenvalue weighted by Gasteiger charge is -2.13. The first kappa shape index (κ1) is 17.8. The van der Waals surface area contributed by atoms with Crippen LogP contribution in [0.4, 0.5) is 0 Å². The molecule has 3 aromatic rings. The van der Waals surface area contributed by atoms with Crippen molar-refractivity contribution in [1.29, 1.82) is 0 Å². The molecule has 0 radical (unpaired) electrons. The van der Waals surface area contributed by atoms with E-state index in [0.29, 0.717) is 21.5 Å². The molecule has 0 amide bonds. The molecule has 0 fully saturated rings. The molecule has 7 heteroatoms. The Morgan fingerprint density at radius 2 is 1.85 bits per heavy atom. The van der Waals surface area contributed by atoms with Gasteiger partial charge in [0.05, 0.1) is 17.2 Å². The number of fused-ring (bicyclic) bond motifs is 1. The first-order valence-corrected chi connectivity index (χ1v) is 8.27. The van der Waals surface area contributed by atoms with Crippen LogP contribution in [0.5, 0.6) is 0 Å². The maximum Gasteiger partial charge on any atom is 0.326 e. The molecule has 0 aliphatic rings. The van der Waals surface area contributed by atoms with Gasteiger partial charge in [-0.3, -0.25) is 19.0 Å². The molecule has 3 rings (SSSR count). The fourth-order valence-corrected chi connectivity index (χ4v) is 2.62. The molecule has 2 aromatic carbocycles. The van der Waals surface area contributed by atoms with Crippen molar-refractivity contribution in [2.24, 2.45) is 0 Å². The lowest BCUT2D eigenvalue weighted by atomic mass is 10.1. The summed E-state index contributed by atoms with van der Waals surface area (Å²) in [6.07, 6.45) is 0.310. The second kappa shape index (κ2) is 7.49. The highest BCUT2D eigenvalue weighted by molar-refractivity contribution is 6.30. The molecule has 0 saturated heterocycles. The molecule has 0 aliphatic carbocycles. The largest absolute Gasteiger partial charge is 0.453 e. The van der Waals surface area contributed by atoms with Crippen LogP contribution < -0.4 is 5.56 Å². The Morgan fingerprint density at radius 3 is 2.58 bits per heavy atom. The van der Waals surface area contributed by atoms with Gasteiger partial charge in [-0.05, 0) is 43.3 Å². The number of carbonyl (C=O) groups excluding carboxylic acids is 2. The van der Waals surface area contributed by atoms with Gasteiger partial charge in [0, 0.05) is 10.6 Å². The highest BCUT2D eigenvalue weighted by atomic mass is 35.5. The molecule has 1 atom stereocenters. The number of hydrogen-bond acceptors (Lipinski definition) is 5. The number of aromatic nitrogens is 2. The van der Waals surface area contributed by atoms with Gasteiger partial charge in [0.15, 0.2) is 6.10 Å². The van der Waals surface area contributed by atoms with Crippen LogP contribution >= 0.6 is 11.6 Å². The molecule has 0 saturated carbocycles. The van der Waals surface area contributed by atoms with Gasteiger partial charge in [-0.15, -0.1) is 0 Å². The molecular formula is C19H15ClN2O4. The molecular weight excluding hydrogens is 356 g/mol. The maximum absolute atomic E-state index is 12.4. The Bertz CT molecular complexity index is 1030. The Labute approximate surface area is 154 Å². The van der Waals surface area contributed by atoms with Crippen molar-refractivity contribution in [3.63, 3.8) is 0 Å². The van der Waals surface area contributed by atoms with Crippen molar-refractivity contribution in [2.45, 2.75) is 19.6 Å². The Balaban J connectivity index is 1.70. The summed E-state index contributed by atoms with van der Waals surface area (Å²) in [5, 5.41) is 0.919. The predicted octanol–water partition coefficient (Wildman–Crippen LogP) is 2.86. The van der Waals surface area contributed by atoms with Gasteiger partial charge in [0.1, 0.15) is 6.54 Å². The molecule has 0 N–H and O–H groups in total. The third-order valence-electron chi connectivity index (χ3n) is 3.84. The normalized spacial score (nSPS) is 11.9. The topological polar surface area (TPSA) is 78.3 Å². The molecule has 1 aromatic heterocycles. The summed E-state index contributed by atoms with van der Waals surface area (Å²) < 4.78 is 6.32. The van der Waals surface area contributed by atoms with Crippen LogP contribution in [0.1, 0.15) is 17.3 Å². The van der Waals surface area contributed by atoms with Gasteiger partial charge in [0.2, 0.25) is 5.78 Å². The Hall–Kier alpha value is -2.99. The van der Waals surface area contributed by atoms with Crippen molar-refractivity contribution in [3.8, 4) is 0 Å². The first-order valence-electron chi connectivity index (χ1n) is 7.89. The van der Waals surface area contributed by atoms with Crippen molar-refractivity contribution in [3.05, 3.63) is 75.8 Å². The summed E-state index contributed by atoms with van der Waals surface area (Å²) in [6.45, 7) is 1.16. The minimum absolute atomic E-state index is 0.324. The lowest BCUT2D eigenvalue weighted by Crippen LogP contribution is -2.30. The van der Waals surface area contributed by atoms with Crippen molar-refractivity contribution < 1.29 is 14.3 Å². The second-order valence-electron chi connectivity index (χ2n) is 5.70. The summed E-state index contributed by atoms with van der Waals surface area (Å²) in [5.41, 5.74) is 0.594. The van der Waals surface area contributed by atoms with Crippen molar-refractivity contribution in [2.75, 3.05) is 0 Å². The first-order chi connectivity index (χ1) is 12.5. The van der Waals surface area contributed by atoms with Crippen LogP contribution in [0.3, 0.4) is 0 Å². The summed E-state index contributed by atoms with van der Waals surface area (Å²) in [6, 6.07) is 13.1. The fourth-order valence-electron chi connectivity index (χ4n) is 2.49. The van der Waals surface area contributed by atoms with Crippen LogP contribution in [0.25, 0.3) is 10.9 Å². The van der Waals surface area contributed by atoms with Crippen LogP contribution in [0, 0.1) is 0 Å². The smallest absolute Gasteiger partial charge is 0.326 e. The quantitative estimate of drug-likeness (QED) is 0.509. The van der Waals surface area contributed by atoms with E-state index in [2.05, 4.69) is 4.98 Å². The van der Waals surface area contributed by atoms with Crippen LogP contribution in [0.2, 0.25) is 5.02 Å². The van der Waals surface area contributed by atoms with Gasteiger partial charge in [-0.1, -0.05) is 23.7 Å². The summed E-state index contributed by atoms with van der Waals surface area (Å²) in [5.74, 6) is -1.04. The molecule has 6 nitrogen and oxygen atoms in total. The molecule has 0 unspecified atom stereocenters. The maximum atomic E-state index is 12.4. The zero-order chi connectivity index (χ0) is 18.7. The SMILES string of the molecule is C[C@@H](OC(=O)Cn1cnc2ccccc2c1=O)C(=O)c1ccc(Cl)cc1. The predicted molar refractivity (Wildman–Crippen MR) is 97.3 cm³/mol. The zero-order valence-corrected chi connectivity index (χ0v) is 14.6. The van der Waals surface area contributed by atoms with Crippen molar-refractivity contribution in [1.82, 2.24) is 9.55 Å². The number of ketones is 1. The summed E-state index contributed by atoms with van der Waals surface area (Å²) in [4.78, 5) is 40.9. The van der Waals surface area contributed by atoms with E-state index in [4.69, 9.17) is 16.3 Å². The third kappa shape index (κ3) is 3.81. The lowest BCUT2D eigenvalue weighted by molar-refractivity contribution is -0.147. The number of rotatable bonds is 5. The number of nitrogens with zero attached hydrogens (tertiary/aromatic N) is 2. The average molecular weight is 371 g/mol. The van der Waals surface area contributed by atoms with Gasteiger partial charge < -0.3 is 4.74 Å². The second-order valence-corrected chi connectivity index (χ2v) is 6.13. The van der Waals surface area contributed by atoms with E-state index in [1.807, 2.05) is 0 Å². The van der Waals surface area contributed by atoms with Gasteiger partial charge in [-0.25, -0.2) is 4.98 Å². The van der Waals surface area contributed by atoms with Gasteiger partial charge in [-0.2, -0.15) is 0 Å². The number of benzene rings is 2. The Kier molecular flexibility index (Phi) is 5.14. The van der Waals surface area contributed by atoms with E-state index in [0.717, 1.165) is 4.57 Å². The number of esters is 1. The van der Waals surface area contributed by atoms with E-state index in [1.165, 1.54) is 13.3 Å². The average Bonchev–Trinajstić information content (AvgIpc) is 2.64. The molecule has 132 valence electrons. The van der Waals surface area contributed by atoms with E-state index < -0.39 is 12.1 Å². The van der Waals surface area contributed by atoms with Crippen LogP contribution in [0.15, 0.2) is 59.7 Å². The third-order valence-corrected chi connectivity index (χ3v) is 4.09. The summed E-state index contributed by atoms with van der Waals surface area (Å²) >= 11 is 5.79. The Morgan fingerprint density at radius 1 is 1.15 bits per heavy atom. The van der Waals surface area contributed by atoms with E-state index in [-0.39, 0.29) is 17.9 Å². The van der Waals surface area contributed by atoms with E-state index in [1.54, 1.807) is 48.5 Å². The number of carbonyl (C=O) groups is 2. The number of ether oxygens (including phenoxy) is 1. The van der Waals surface area contributed by atoms with E-state index in [9.17, 15) is 14.4 Å². The number of Topliss-reactive ketones (excluding diaryl/α,β-unsaturated/α-hetero) is 1. The molecule has 26 heavy (non-hydrogen) atoms. The number of halogens is 1.